The number of rotatable bonds is 16. The van der Waals surface area contributed by atoms with Gasteiger partial charge in [-0.15, -0.1) is 0 Å². The van der Waals surface area contributed by atoms with Crippen LogP contribution in [-0.2, 0) is 16.2 Å². The summed E-state index contributed by atoms with van der Waals surface area (Å²) in [6.45, 7) is 13.9. The van der Waals surface area contributed by atoms with Gasteiger partial charge in [0, 0.05) is 105 Å². The lowest BCUT2D eigenvalue weighted by molar-refractivity contribution is 0.660. The van der Waals surface area contributed by atoms with Crippen molar-refractivity contribution in [2.75, 3.05) is 4.90 Å². The molecule has 0 radical (unpaired) electrons. The van der Waals surface area contributed by atoms with Crippen LogP contribution in [0.2, 0.25) is 0 Å². The van der Waals surface area contributed by atoms with Crippen LogP contribution in [0.15, 0.2) is 494 Å². The van der Waals surface area contributed by atoms with Gasteiger partial charge in [0.15, 0.2) is 52.4 Å². The predicted molar refractivity (Wildman–Crippen MR) is 612 cm³/mol. The molecule has 5 aromatic heterocycles. The average molecular weight is 1930 g/mol. The first-order chi connectivity index (χ1) is 73.6. The molecule has 12 nitrogen and oxygen atoms in total. The fraction of sp³-hybridized carbons (Fsp3) is 0.0652. The molecule has 5 heterocycles. The summed E-state index contributed by atoms with van der Waals surface area (Å²) in [6, 6.07) is 169. The topological polar surface area (TPSA) is 146 Å². The lowest BCUT2D eigenvalue weighted by Gasteiger charge is -2.25. The molecule has 0 fully saturated rings. The molecule has 0 spiro atoms. The van der Waals surface area contributed by atoms with E-state index in [4.69, 9.17) is 53.7 Å². The molecule has 0 amide bonds. The highest BCUT2D eigenvalue weighted by Crippen LogP contribution is 2.57. The summed E-state index contributed by atoms with van der Waals surface area (Å²) in [5.41, 5.74) is 39.6. The normalized spacial score (nSPS) is 12.9. The molecule has 0 saturated carbocycles. The van der Waals surface area contributed by atoms with Gasteiger partial charge in [-0.25, -0.2) is 44.9 Å². The van der Waals surface area contributed by atoms with Gasteiger partial charge < -0.3 is 13.7 Å². The summed E-state index contributed by atoms with van der Waals surface area (Å²) in [5, 5.41) is 4.15. The molecule has 20 aromatic carbocycles. The Balaban J connectivity index is 0.000000115. The summed E-state index contributed by atoms with van der Waals surface area (Å²) >= 11 is 0. The van der Waals surface area contributed by atoms with Crippen molar-refractivity contribution in [3.8, 4) is 180 Å². The van der Waals surface area contributed by atoms with Crippen molar-refractivity contribution < 1.29 is 8.83 Å². The van der Waals surface area contributed by atoms with Gasteiger partial charge in [-0.1, -0.05) is 424 Å². The van der Waals surface area contributed by atoms with Crippen molar-refractivity contribution in [1.29, 1.82) is 0 Å². The summed E-state index contributed by atoms with van der Waals surface area (Å²) in [4.78, 5) is 47.9. The zero-order valence-corrected chi connectivity index (χ0v) is 83.5. The van der Waals surface area contributed by atoms with E-state index in [1.165, 1.54) is 77.9 Å². The molecule has 0 unspecified atom stereocenters. The second-order valence-corrected chi connectivity index (χ2v) is 40.2. The first kappa shape index (κ1) is 90.8. The Morgan fingerprint density at radius 3 is 0.860 bits per heavy atom. The smallest absolute Gasteiger partial charge is 0.164 e. The first-order valence-electron chi connectivity index (χ1n) is 51.0. The highest BCUT2D eigenvalue weighted by Gasteiger charge is 2.41. The molecule has 0 atom stereocenters. The maximum absolute atomic E-state index is 6.58. The third-order valence-electron chi connectivity index (χ3n) is 30.0. The molecule has 0 aliphatic heterocycles. The van der Waals surface area contributed by atoms with E-state index in [0.717, 1.165) is 144 Å². The highest BCUT2D eigenvalue weighted by molar-refractivity contribution is 6.14. The van der Waals surface area contributed by atoms with Crippen LogP contribution in [-0.4, -0.2) is 44.9 Å². The number of aromatic nitrogens is 9. The molecule has 3 aliphatic carbocycles. The van der Waals surface area contributed by atoms with E-state index < -0.39 is 0 Å². The molecular weight excluding hydrogens is 1830 g/mol. The third kappa shape index (κ3) is 16.3. The molecular formula is C138H98N10O2. The number of furan rings is 2. The predicted octanol–water partition coefficient (Wildman–Crippen LogP) is 35.5. The van der Waals surface area contributed by atoms with Crippen LogP contribution in [0.1, 0.15) is 74.9 Å². The van der Waals surface area contributed by atoms with Crippen molar-refractivity contribution in [2.45, 2.75) is 57.8 Å². The molecule has 0 bridgehead atoms. The summed E-state index contributed by atoms with van der Waals surface area (Å²) in [5.74, 6) is 5.66. The highest BCUT2D eigenvalue weighted by atomic mass is 16.3. The maximum Gasteiger partial charge on any atom is 0.164 e. The van der Waals surface area contributed by atoms with Crippen LogP contribution in [0, 0.1) is 0 Å². The molecule has 712 valence electrons. The molecule has 3 aliphatic rings. The minimum absolute atomic E-state index is 0.0441. The second kappa shape index (κ2) is 37.5. The van der Waals surface area contributed by atoms with E-state index in [0.29, 0.717) is 52.4 Å². The van der Waals surface area contributed by atoms with Crippen LogP contribution < -0.4 is 4.90 Å². The Hall–Kier alpha value is -19.2. The Labute approximate surface area is 870 Å². The number of hydrogen-bond donors (Lipinski definition) is 0. The Morgan fingerprint density at radius 1 is 0.160 bits per heavy atom. The van der Waals surface area contributed by atoms with Gasteiger partial charge in [0.05, 0.1) is 0 Å². The number of hydrogen-bond acceptors (Lipinski definition) is 12. The van der Waals surface area contributed by atoms with Crippen LogP contribution in [0.4, 0.5) is 17.1 Å². The number of para-hydroxylation sites is 2. The van der Waals surface area contributed by atoms with E-state index >= 15 is 0 Å². The molecule has 12 heteroatoms. The molecule has 28 rings (SSSR count). The standard InChI is InChI=1S/C54H37N3O.C42H32N4.C42H29N3O/c1-54(2)45-26-10-9-23-42(45)49-41(24-13-27-46(49)54)38-29-30-47-44(33-38)50-43(25-14-28-48(50)58-47)53-56-51(39-21-11-19-36(31-39)34-15-5-3-6-16-34)55-52(57-53)40-22-12-20-37(32-40)35-17-7-4-8-18-35;1-42(2)36-23-13-12-21-34(36)38-35(22-14-24-37(38)42)41-44-39(29-15-6-3-7-16-29)43-40(45-41)30-25-27-33(28-26-30)46(31-17-8-4-9-18-31)32-19-10-5-11-20-32;1-42(2)34-18-10-9-16-33(34)38-30(17-11-19-35(38)42)28-20-22-31-32-23-21-29(25-37(32)46-36(31)24-28)41-44-39(26-12-5-3-6-13-26)43-40(45-41)27-14-7-4-8-15-27/h3-33H,1-2H3;3-28H,1-2H3;3-25H,1-2H3. The lowest BCUT2D eigenvalue weighted by Crippen LogP contribution is -2.14. The van der Waals surface area contributed by atoms with Crippen LogP contribution in [0.5, 0.6) is 0 Å². The van der Waals surface area contributed by atoms with Crippen LogP contribution >= 0.6 is 0 Å². The van der Waals surface area contributed by atoms with E-state index in [1.807, 2.05) is 121 Å². The SMILES string of the molecule is CC1(C)c2ccccc2-c2c(-c3ccc4c(c3)oc3cc(-c5nc(-c6ccccc6)nc(-c6ccccc6)n5)ccc34)cccc21.CC1(C)c2ccccc2-c2c(-c3ccc4oc5cccc(-c6nc(-c7cccc(-c8ccccc8)c7)nc(-c7cccc(-c8ccccc8)c7)n6)c5c4c3)cccc21.CC1(C)c2ccccc2-c2c(-c3nc(-c4ccccc4)nc(-c4ccc(N(c5ccccc5)c5ccccc5)cc4)n3)cccc21. The monoisotopic (exact) mass is 1930 g/mol. The number of benzene rings is 20. The van der Waals surface area contributed by atoms with Crippen molar-refractivity contribution in [1.82, 2.24) is 44.9 Å². The van der Waals surface area contributed by atoms with Crippen LogP contribution in [0.25, 0.3) is 224 Å². The van der Waals surface area contributed by atoms with E-state index in [2.05, 4.69) is 410 Å². The van der Waals surface area contributed by atoms with Crippen LogP contribution in [0.3, 0.4) is 0 Å². The van der Waals surface area contributed by atoms with Gasteiger partial charge in [-0.2, -0.15) is 0 Å². The van der Waals surface area contributed by atoms with Gasteiger partial charge in [-0.3, -0.25) is 0 Å². The van der Waals surface area contributed by atoms with Gasteiger partial charge >= 0.3 is 0 Å². The van der Waals surface area contributed by atoms with Gasteiger partial charge in [0.25, 0.3) is 0 Å². The minimum Gasteiger partial charge on any atom is -0.456 e. The molecule has 150 heavy (non-hydrogen) atoms. The maximum atomic E-state index is 6.58. The second-order valence-electron chi connectivity index (χ2n) is 40.2. The number of fused-ring (bicyclic) bond motifs is 15. The molecule has 0 saturated heterocycles. The Morgan fingerprint density at radius 2 is 0.427 bits per heavy atom. The van der Waals surface area contributed by atoms with Crippen molar-refractivity contribution in [2.24, 2.45) is 0 Å². The minimum atomic E-state index is -0.112. The quantitative estimate of drug-likeness (QED) is 0.0907. The van der Waals surface area contributed by atoms with E-state index in [-0.39, 0.29) is 16.2 Å². The summed E-state index contributed by atoms with van der Waals surface area (Å²) in [7, 11) is 0. The van der Waals surface area contributed by atoms with E-state index in [9.17, 15) is 0 Å². The average Bonchev–Trinajstić information content (AvgIpc) is 1.57. The van der Waals surface area contributed by atoms with Crippen molar-refractivity contribution >= 4 is 60.9 Å². The number of nitrogens with zero attached hydrogens (tertiary/aromatic N) is 10. The van der Waals surface area contributed by atoms with Crippen molar-refractivity contribution in [3.63, 3.8) is 0 Å². The largest absolute Gasteiger partial charge is 0.456 e. The Kier molecular flexibility index (Phi) is 22.7. The zero-order valence-electron chi connectivity index (χ0n) is 83.5. The van der Waals surface area contributed by atoms with Gasteiger partial charge in [-0.05, 0) is 214 Å². The van der Waals surface area contributed by atoms with Crippen molar-refractivity contribution in [3.05, 3.63) is 519 Å². The fourth-order valence-electron chi connectivity index (χ4n) is 22.5. The summed E-state index contributed by atoms with van der Waals surface area (Å²) in [6.07, 6.45) is 0. The molecule has 25 aromatic rings. The van der Waals surface area contributed by atoms with E-state index in [1.54, 1.807) is 0 Å². The fourth-order valence-corrected chi connectivity index (χ4v) is 22.5. The first-order valence-corrected chi connectivity index (χ1v) is 51.0. The molecule has 0 N–H and O–H groups in total. The zero-order chi connectivity index (χ0) is 101. The lowest BCUT2D eigenvalue weighted by atomic mass is 9.82. The summed E-state index contributed by atoms with van der Waals surface area (Å²) < 4.78 is 13.1. The number of anilines is 3. The van der Waals surface area contributed by atoms with Gasteiger partial charge in [0.1, 0.15) is 22.3 Å². The third-order valence-corrected chi connectivity index (χ3v) is 30.0. The van der Waals surface area contributed by atoms with Gasteiger partial charge in [0.2, 0.25) is 0 Å². The Bertz CT molecular complexity index is 9330.